The van der Waals surface area contributed by atoms with Crippen molar-refractivity contribution >= 4 is 16.6 Å². The average Bonchev–Trinajstić information content (AvgIpc) is 2.87. The first-order chi connectivity index (χ1) is 12.7. The Balaban J connectivity index is 1.54. The molecule has 1 aliphatic carbocycles. The van der Waals surface area contributed by atoms with Gasteiger partial charge in [-0.25, -0.2) is 0 Å². The fraction of sp³-hybridized carbons (Fsp3) is 0.348. The third-order valence-electron chi connectivity index (χ3n) is 5.41. The second-order valence-corrected chi connectivity index (χ2v) is 7.31. The SMILES string of the molecule is COc1ccc2c(NCC3CCCc4ccccc4C3)cc(C)nc2c1. The molecule has 0 amide bonds. The van der Waals surface area contributed by atoms with Crippen molar-refractivity contribution in [2.24, 2.45) is 5.92 Å². The number of ether oxygens (including phenoxy) is 1. The lowest BCUT2D eigenvalue weighted by Crippen LogP contribution is -2.16. The van der Waals surface area contributed by atoms with Crippen LogP contribution in [0.2, 0.25) is 0 Å². The zero-order valence-corrected chi connectivity index (χ0v) is 15.6. The van der Waals surface area contributed by atoms with Crippen LogP contribution in [-0.4, -0.2) is 18.6 Å². The minimum Gasteiger partial charge on any atom is -0.497 e. The molecule has 0 aliphatic heterocycles. The van der Waals surface area contributed by atoms with Crippen molar-refractivity contribution in [3.05, 3.63) is 65.4 Å². The van der Waals surface area contributed by atoms with Gasteiger partial charge in [0.2, 0.25) is 0 Å². The van der Waals surface area contributed by atoms with E-state index in [0.29, 0.717) is 5.92 Å². The number of rotatable bonds is 4. The van der Waals surface area contributed by atoms with Crippen molar-refractivity contribution in [2.75, 3.05) is 19.0 Å². The first-order valence-electron chi connectivity index (χ1n) is 9.49. The molecule has 0 spiro atoms. The van der Waals surface area contributed by atoms with Gasteiger partial charge in [-0.2, -0.15) is 0 Å². The Morgan fingerprint density at radius 2 is 1.96 bits per heavy atom. The van der Waals surface area contributed by atoms with E-state index in [2.05, 4.69) is 46.7 Å². The van der Waals surface area contributed by atoms with Crippen LogP contribution < -0.4 is 10.1 Å². The number of anilines is 1. The normalized spacial score (nSPS) is 16.8. The van der Waals surface area contributed by atoms with Gasteiger partial charge in [-0.15, -0.1) is 0 Å². The lowest BCUT2D eigenvalue weighted by atomic mass is 9.96. The van der Waals surface area contributed by atoms with Gasteiger partial charge in [0.1, 0.15) is 5.75 Å². The van der Waals surface area contributed by atoms with Crippen molar-refractivity contribution in [3.8, 4) is 5.75 Å². The van der Waals surface area contributed by atoms with E-state index in [0.717, 1.165) is 28.9 Å². The molecule has 3 nitrogen and oxygen atoms in total. The second kappa shape index (κ2) is 7.36. The zero-order valence-electron chi connectivity index (χ0n) is 15.6. The van der Waals surface area contributed by atoms with Crippen LogP contribution in [0.1, 0.15) is 29.7 Å². The maximum Gasteiger partial charge on any atom is 0.121 e. The first-order valence-corrected chi connectivity index (χ1v) is 9.49. The Kier molecular flexibility index (Phi) is 4.79. The molecule has 1 N–H and O–H groups in total. The quantitative estimate of drug-likeness (QED) is 0.663. The van der Waals surface area contributed by atoms with E-state index in [1.165, 1.54) is 42.5 Å². The molecule has 1 heterocycles. The molecule has 0 bridgehead atoms. The highest BCUT2D eigenvalue weighted by molar-refractivity contribution is 5.92. The van der Waals surface area contributed by atoms with E-state index in [-0.39, 0.29) is 0 Å². The smallest absolute Gasteiger partial charge is 0.121 e. The lowest BCUT2D eigenvalue weighted by molar-refractivity contribution is 0.415. The van der Waals surface area contributed by atoms with E-state index in [9.17, 15) is 0 Å². The van der Waals surface area contributed by atoms with Crippen LogP contribution in [-0.2, 0) is 12.8 Å². The number of aryl methyl sites for hydroxylation is 2. The van der Waals surface area contributed by atoms with Gasteiger partial charge in [-0.05, 0) is 67.9 Å². The van der Waals surface area contributed by atoms with Gasteiger partial charge in [-0.1, -0.05) is 24.3 Å². The van der Waals surface area contributed by atoms with Crippen LogP contribution in [0.4, 0.5) is 5.69 Å². The molecular weight excluding hydrogens is 320 g/mol. The van der Waals surface area contributed by atoms with E-state index < -0.39 is 0 Å². The molecule has 1 atom stereocenters. The number of methoxy groups -OCH3 is 1. The lowest BCUT2D eigenvalue weighted by Gasteiger charge is -2.18. The summed E-state index contributed by atoms with van der Waals surface area (Å²) in [6, 6.07) is 17.2. The Hall–Kier alpha value is -2.55. The third kappa shape index (κ3) is 3.52. The molecule has 4 rings (SSSR count). The minimum atomic E-state index is 0.667. The standard InChI is InChI=1S/C23H26N2O/c1-16-12-22(21-11-10-20(26-2)14-23(21)25-16)24-15-17-6-5-9-18-7-3-4-8-19(18)13-17/h3-4,7-8,10-12,14,17H,5-6,9,13,15H2,1-2H3,(H,24,25). The van der Waals surface area contributed by atoms with E-state index in [4.69, 9.17) is 4.74 Å². The number of hydrogen-bond donors (Lipinski definition) is 1. The van der Waals surface area contributed by atoms with Gasteiger partial charge >= 0.3 is 0 Å². The molecule has 134 valence electrons. The van der Waals surface area contributed by atoms with Gasteiger partial charge in [0.25, 0.3) is 0 Å². The maximum atomic E-state index is 5.34. The van der Waals surface area contributed by atoms with Crippen LogP contribution in [0.3, 0.4) is 0 Å². The number of fused-ring (bicyclic) bond motifs is 2. The molecule has 1 aromatic heterocycles. The van der Waals surface area contributed by atoms with Crippen molar-refractivity contribution < 1.29 is 4.74 Å². The molecular formula is C23H26N2O. The summed E-state index contributed by atoms with van der Waals surface area (Å²) < 4.78 is 5.34. The van der Waals surface area contributed by atoms with Gasteiger partial charge in [0, 0.05) is 29.4 Å². The Morgan fingerprint density at radius 3 is 2.81 bits per heavy atom. The van der Waals surface area contributed by atoms with Crippen LogP contribution in [0.25, 0.3) is 10.9 Å². The Morgan fingerprint density at radius 1 is 1.12 bits per heavy atom. The molecule has 0 fully saturated rings. The molecule has 1 aliphatic rings. The topological polar surface area (TPSA) is 34.1 Å². The predicted octanol–water partition coefficient (Wildman–Crippen LogP) is 5.16. The highest BCUT2D eigenvalue weighted by Gasteiger charge is 2.17. The largest absolute Gasteiger partial charge is 0.497 e. The van der Waals surface area contributed by atoms with E-state index in [1.54, 1.807) is 7.11 Å². The molecule has 0 saturated heterocycles. The number of nitrogens with one attached hydrogen (secondary N) is 1. The van der Waals surface area contributed by atoms with Crippen molar-refractivity contribution in [3.63, 3.8) is 0 Å². The minimum absolute atomic E-state index is 0.667. The summed E-state index contributed by atoms with van der Waals surface area (Å²) in [6.07, 6.45) is 4.93. The maximum absolute atomic E-state index is 5.34. The van der Waals surface area contributed by atoms with Gasteiger partial charge < -0.3 is 10.1 Å². The predicted molar refractivity (Wildman–Crippen MR) is 108 cm³/mol. The van der Waals surface area contributed by atoms with Gasteiger partial charge in [-0.3, -0.25) is 4.98 Å². The van der Waals surface area contributed by atoms with Crippen LogP contribution >= 0.6 is 0 Å². The highest BCUT2D eigenvalue weighted by atomic mass is 16.5. The molecule has 2 aromatic carbocycles. The second-order valence-electron chi connectivity index (χ2n) is 7.31. The van der Waals surface area contributed by atoms with E-state index >= 15 is 0 Å². The average molecular weight is 346 g/mol. The molecule has 3 heteroatoms. The van der Waals surface area contributed by atoms with E-state index in [1.807, 2.05) is 19.1 Å². The molecule has 0 radical (unpaired) electrons. The summed E-state index contributed by atoms with van der Waals surface area (Å²) >= 11 is 0. The summed E-state index contributed by atoms with van der Waals surface area (Å²) in [5.74, 6) is 1.52. The van der Waals surface area contributed by atoms with Gasteiger partial charge in [0.05, 0.1) is 12.6 Å². The number of hydrogen-bond acceptors (Lipinski definition) is 3. The third-order valence-corrected chi connectivity index (χ3v) is 5.41. The van der Waals surface area contributed by atoms with Crippen molar-refractivity contribution in [1.29, 1.82) is 0 Å². The fourth-order valence-electron chi connectivity index (χ4n) is 4.04. The zero-order chi connectivity index (χ0) is 17.9. The van der Waals surface area contributed by atoms with Crippen molar-refractivity contribution in [2.45, 2.75) is 32.6 Å². The number of pyridine rings is 1. The monoisotopic (exact) mass is 346 g/mol. The Labute approximate surface area is 155 Å². The number of aromatic nitrogens is 1. The summed E-state index contributed by atoms with van der Waals surface area (Å²) in [4.78, 5) is 4.66. The number of nitrogens with zero attached hydrogens (tertiary/aromatic N) is 1. The Bertz CT molecular complexity index is 919. The van der Waals surface area contributed by atoms with Gasteiger partial charge in [0.15, 0.2) is 0 Å². The summed E-state index contributed by atoms with van der Waals surface area (Å²) in [6.45, 7) is 3.05. The summed E-state index contributed by atoms with van der Waals surface area (Å²) in [5, 5.41) is 4.87. The molecule has 0 saturated carbocycles. The first kappa shape index (κ1) is 16.9. The van der Waals surface area contributed by atoms with Crippen LogP contribution in [0.5, 0.6) is 5.75 Å². The van der Waals surface area contributed by atoms with Crippen LogP contribution in [0, 0.1) is 12.8 Å². The summed E-state index contributed by atoms with van der Waals surface area (Å²) in [5.41, 5.74) is 6.25. The fourth-order valence-corrected chi connectivity index (χ4v) is 4.04. The molecule has 1 unspecified atom stereocenters. The summed E-state index contributed by atoms with van der Waals surface area (Å²) in [7, 11) is 1.69. The number of benzene rings is 2. The van der Waals surface area contributed by atoms with Crippen molar-refractivity contribution in [1.82, 2.24) is 4.98 Å². The molecule has 26 heavy (non-hydrogen) atoms. The highest BCUT2D eigenvalue weighted by Crippen LogP contribution is 2.29. The molecule has 3 aromatic rings. The van der Waals surface area contributed by atoms with Crippen LogP contribution in [0.15, 0.2) is 48.5 Å².